The molecule has 2 aliphatic heterocycles. The molecule has 1 atom stereocenters. The third kappa shape index (κ3) is 14.1. The first-order valence-corrected chi connectivity index (χ1v) is 26.2. The Balaban J connectivity index is 1.16. The summed E-state index contributed by atoms with van der Waals surface area (Å²) in [5.41, 5.74) is 3.38. The Morgan fingerprint density at radius 3 is 2.19 bits per heavy atom. The van der Waals surface area contributed by atoms with Gasteiger partial charge >= 0.3 is 6.97 Å². The highest BCUT2D eigenvalue weighted by Gasteiger charge is 2.55. The summed E-state index contributed by atoms with van der Waals surface area (Å²) in [7, 11) is 7.64. The summed E-state index contributed by atoms with van der Waals surface area (Å²) in [6.45, 7) is -3.20. The molecule has 68 heavy (non-hydrogen) atoms. The van der Waals surface area contributed by atoms with Crippen LogP contribution < -0.4 is 25.4 Å². The minimum Gasteiger partial charge on any atom is -0.497 e. The van der Waals surface area contributed by atoms with Crippen molar-refractivity contribution in [2.75, 3.05) is 66.5 Å². The highest BCUT2D eigenvalue weighted by molar-refractivity contribution is 8.76. The van der Waals surface area contributed by atoms with Gasteiger partial charge in [0.1, 0.15) is 28.3 Å². The number of carbonyl (C=O) groups excluding carboxylic acids is 3. The molecule has 2 aliphatic rings. The number of allylic oxidation sites excluding steroid dienone is 2. The van der Waals surface area contributed by atoms with Gasteiger partial charge in [0.25, 0.3) is 10.1 Å². The van der Waals surface area contributed by atoms with Crippen LogP contribution in [0.4, 0.5) is 8.63 Å². The van der Waals surface area contributed by atoms with Crippen molar-refractivity contribution in [3.05, 3.63) is 113 Å². The molecule has 4 aromatic rings. The number of unbranched alkanes of at least 4 members (excludes halogenated alkanes) is 1. The number of rotatable bonds is 25. The normalized spacial score (nSPS) is 14.6. The summed E-state index contributed by atoms with van der Waals surface area (Å²) >= 11 is 0. The van der Waals surface area contributed by atoms with Crippen LogP contribution in [0.25, 0.3) is 17.3 Å². The lowest BCUT2D eigenvalue weighted by molar-refractivity contribution is -0.870. The molecule has 1 unspecified atom stereocenters. The summed E-state index contributed by atoms with van der Waals surface area (Å²) < 4.78 is 82.7. The number of amides is 3. The fraction of sp³-hybridized carbons (Fsp3) is 0.383. The molecule has 21 heteroatoms. The SMILES string of the molecule is COc1ccc(C2=[N+]3C(=Cc4c(CCC[N+](C)(C)C)cc(-c5ccc(OC)cc5)n4[B-]3(F)F)C(CCC(=O)NC(CS(=O)(=O)O)C(=O)NCCCCC(=O)NCCSSc3ccccn3)=C2)cc1. The van der Waals surface area contributed by atoms with E-state index in [4.69, 9.17) is 9.47 Å². The number of benzene rings is 2. The van der Waals surface area contributed by atoms with Crippen molar-refractivity contribution >= 4 is 68.2 Å². The lowest BCUT2D eigenvalue weighted by atomic mass is 9.87. The number of hydrogen-bond donors (Lipinski definition) is 4. The molecule has 4 N–H and O–H groups in total. The molecule has 0 bridgehead atoms. The first kappa shape index (κ1) is 51.9. The molecule has 0 fully saturated rings. The van der Waals surface area contributed by atoms with Gasteiger partial charge in [0, 0.05) is 79.0 Å². The second-order valence-electron chi connectivity index (χ2n) is 17.5. The summed E-state index contributed by atoms with van der Waals surface area (Å²) in [5, 5.41) is 8.75. The summed E-state index contributed by atoms with van der Waals surface area (Å²) in [4.78, 5) is 43.3. The number of methoxy groups -OCH3 is 2. The molecule has 15 nitrogen and oxygen atoms in total. The number of ether oxygens (including phenoxy) is 2. The van der Waals surface area contributed by atoms with Crippen molar-refractivity contribution in [1.82, 2.24) is 25.4 Å². The van der Waals surface area contributed by atoms with E-state index in [1.54, 1.807) is 84.8 Å². The standard InChI is InChI=1S/C47H58BF2N7O8S3/c1-57(2,3)27-10-11-35-29-40(33-14-19-37(64-4)20-15-33)55-42(35)31-43-36(30-41(56(43)48(55,49)50)34-16-21-38(65-5)22-17-34)18-23-45(59)54-39(32-68(61,62)63)47(60)53-25-8-6-12-44(58)51-26-28-66-67-46-13-7-9-24-52-46/h7,9,13-17,19-22,24,29-31,39H,6,8,10-12,18,23,25-28,32H2,1-5H3,(H3-,51,53,54,58,59,60,61,62,63)/p+1. The molecule has 2 aromatic heterocycles. The maximum Gasteiger partial charge on any atom is 0.737 e. The molecule has 0 radical (unpaired) electrons. The van der Waals surface area contributed by atoms with Crippen molar-refractivity contribution in [1.29, 1.82) is 0 Å². The third-order valence-electron chi connectivity index (χ3n) is 11.3. The Kier molecular flexibility index (Phi) is 17.7. The predicted octanol–water partition coefficient (Wildman–Crippen LogP) is 6.22. The van der Waals surface area contributed by atoms with Crippen LogP contribution in [-0.4, -0.2) is 134 Å². The van der Waals surface area contributed by atoms with Crippen molar-refractivity contribution in [2.24, 2.45) is 0 Å². The second kappa shape index (κ2) is 23.2. The van der Waals surface area contributed by atoms with Crippen LogP contribution in [0.2, 0.25) is 0 Å². The van der Waals surface area contributed by atoms with E-state index in [1.165, 1.54) is 17.9 Å². The van der Waals surface area contributed by atoms with Gasteiger partial charge in [0.2, 0.25) is 17.7 Å². The van der Waals surface area contributed by atoms with Crippen LogP contribution in [0.1, 0.15) is 55.3 Å². The van der Waals surface area contributed by atoms with E-state index in [9.17, 15) is 27.4 Å². The minimum absolute atomic E-state index is 0.0487. The largest absolute Gasteiger partial charge is 0.737 e. The summed E-state index contributed by atoms with van der Waals surface area (Å²) in [6, 6.07) is 19.6. The fourth-order valence-electron chi connectivity index (χ4n) is 8.01. The predicted molar refractivity (Wildman–Crippen MR) is 264 cm³/mol. The maximum absolute atomic E-state index is 17.7. The third-order valence-corrected chi connectivity index (χ3v) is 14.4. The smallest absolute Gasteiger partial charge is 0.497 e. The fourth-order valence-corrected chi connectivity index (χ4v) is 10.5. The van der Waals surface area contributed by atoms with Crippen molar-refractivity contribution in [2.45, 2.75) is 56.0 Å². The molecule has 6 rings (SSSR count). The van der Waals surface area contributed by atoms with Gasteiger partial charge in [-0.05, 0) is 114 Å². The molecule has 4 heterocycles. The topological polar surface area (TPSA) is 181 Å². The Hall–Kier alpha value is -5.48. The highest BCUT2D eigenvalue weighted by Crippen LogP contribution is 2.42. The second-order valence-corrected chi connectivity index (χ2v) is 21.4. The number of nitrogens with zero attached hydrogens (tertiary/aromatic N) is 4. The van der Waals surface area contributed by atoms with Gasteiger partial charge in [-0.15, -0.1) is 0 Å². The number of halogens is 2. The molecular formula is C47H59BF2N7O8S3+. The van der Waals surface area contributed by atoms with Crippen LogP contribution in [0.5, 0.6) is 11.5 Å². The zero-order valence-electron chi connectivity index (χ0n) is 38.9. The van der Waals surface area contributed by atoms with Gasteiger partial charge in [-0.25, -0.2) is 4.98 Å². The molecular weight excluding hydrogens is 936 g/mol. The zero-order valence-corrected chi connectivity index (χ0v) is 41.3. The molecule has 364 valence electrons. The number of aromatic nitrogens is 2. The molecule has 0 spiro atoms. The van der Waals surface area contributed by atoms with Gasteiger partial charge in [-0.2, -0.15) is 8.42 Å². The Bertz CT molecular complexity index is 2640. The molecule has 3 amide bonds. The van der Waals surface area contributed by atoms with E-state index >= 15 is 8.63 Å². The van der Waals surface area contributed by atoms with E-state index in [0.29, 0.717) is 75.6 Å². The van der Waals surface area contributed by atoms with E-state index in [1.807, 2.05) is 24.3 Å². The van der Waals surface area contributed by atoms with Crippen molar-refractivity contribution in [3.63, 3.8) is 0 Å². The number of quaternary nitrogens is 1. The molecule has 0 saturated heterocycles. The number of nitrogens with one attached hydrogen (secondary N) is 3. The van der Waals surface area contributed by atoms with Crippen LogP contribution in [-0.2, 0) is 30.9 Å². The Morgan fingerprint density at radius 1 is 0.868 bits per heavy atom. The first-order chi connectivity index (χ1) is 32.4. The average molecular weight is 995 g/mol. The number of aryl methyl sites for hydroxylation is 1. The van der Waals surface area contributed by atoms with Crippen LogP contribution in [0.15, 0.2) is 101 Å². The van der Waals surface area contributed by atoms with E-state index in [2.05, 4.69) is 42.1 Å². The van der Waals surface area contributed by atoms with E-state index < -0.39 is 40.7 Å². The molecule has 0 aliphatic carbocycles. The van der Waals surface area contributed by atoms with Gasteiger partial charge in [-0.3, -0.25) is 18.9 Å². The van der Waals surface area contributed by atoms with Gasteiger partial charge in [-0.1, -0.05) is 16.9 Å². The number of hydrogen-bond acceptors (Lipinski definition) is 10. The van der Waals surface area contributed by atoms with Gasteiger partial charge < -0.3 is 47.5 Å². The molecule has 0 saturated carbocycles. The lowest BCUT2D eigenvalue weighted by Crippen LogP contribution is -2.51. The van der Waals surface area contributed by atoms with E-state index in [0.717, 1.165) is 32.5 Å². The average Bonchev–Trinajstić information content (AvgIpc) is 3.87. The number of pyridine rings is 1. The quantitative estimate of drug-likeness (QED) is 0.0195. The zero-order chi connectivity index (χ0) is 49.1. The number of carbonyl (C=O) groups is 3. The lowest BCUT2D eigenvalue weighted by Gasteiger charge is -2.32. The van der Waals surface area contributed by atoms with Gasteiger partial charge in [0.15, 0.2) is 11.4 Å². The molecule has 2 aromatic carbocycles. The minimum atomic E-state index is -4.73. The van der Waals surface area contributed by atoms with E-state index in [-0.39, 0.29) is 43.1 Å². The van der Waals surface area contributed by atoms with Gasteiger partial charge in [0.05, 0.1) is 41.9 Å². The highest BCUT2D eigenvalue weighted by atomic mass is 33.1. The summed E-state index contributed by atoms with van der Waals surface area (Å²) in [5.74, 6) is -0.997. The first-order valence-electron chi connectivity index (χ1n) is 22.3. The Morgan fingerprint density at radius 2 is 1.56 bits per heavy atom. The Labute approximate surface area is 404 Å². The summed E-state index contributed by atoms with van der Waals surface area (Å²) in [6.07, 6.45) is 7.05. The number of fused-ring (bicyclic) bond motifs is 2. The van der Waals surface area contributed by atoms with Crippen molar-refractivity contribution < 1.29 is 54.4 Å². The van der Waals surface area contributed by atoms with Crippen LogP contribution in [0, 0.1) is 0 Å². The monoisotopic (exact) mass is 994 g/mol. The van der Waals surface area contributed by atoms with Crippen LogP contribution >= 0.6 is 21.6 Å². The van der Waals surface area contributed by atoms with Crippen LogP contribution in [0.3, 0.4) is 0 Å². The maximum atomic E-state index is 17.7. The van der Waals surface area contributed by atoms with Crippen molar-refractivity contribution in [3.8, 4) is 22.8 Å².